The summed E-state index contributed by atoms with van der Waals surface area (Å²) in [7, 11) is 0. The number of thiazole rings is 1. The summed E-state index contributed by atoms with van der Waals surface area (Å²) in [5.41, 5.74) is 10.2. The molecule has 5 nitrogen and oxygen atoms in total. The van der Waals surface area contributed by atoms with Gasteiger partial charge in [-0.3, -0.25) is 0 Å². The molecule has 3 rings (SSSR count). The van der Waals surface area contributed by atoms with Gasteiger partial charge in [0.25, 0.3) is 0 Å². The fourth-order valence-corrected chi connectivity index (χ4v) is 3.40. The molecule has 0 radical (unpaired) electrons. The van der Waals surface area contributed by atoms with Gasteiger partial charge in [-0.2, -0.15) is 0 Å². The molecule has 2 heterocycles. The average molecular weight is 478 g/mol. The zero-order valence-corrected chi connectivity index (χ0v) is 17.4. The van der Waals surface area contributed by atoms with Crippen molar-refractivity contribution >= 4 is 58.6 Å². The lowest BCUT2D eigenvalue weighted by Gasteiger charge is -2.36. The van der Waals surface area contributed by atoms with Crippen molar-refractivity contribution in [2.24, 2.45) is 10.7 Å². The highest BCUT2D eigenvalue weighted by Gasteiger charge is 2.18. The van der Waals surface area contributed by atoms with E-state index in [0.29, 0.717) is 12.5 Å². The Hall–Kier alpha value is -1.06. The van der Waals surface area contributed by atoms with Gasteiger partial charge in [0.1, 0.15) is 0 Å². The van der Waals surface area contributed by atoms with E-state index in [-0.39, 0.29) is 24.0 Å². The molecule has 0 amide bonds. The Balaban J connectivity index is 0.00000208. The van der Waals surface area contributed by atoms with Crippen LogP contribution < -0.4 is 10.6 Å². The molecule has 1 aliphatic rings. The maximum absolute atomic E-state index is 6.14. The van der Waals surface area contributed by atoms with E-state index < -0.39 is 0 Å². The molecule has 1 aromatic carbocycles. The van der Waals surface area contributed by atoms with E-state index in [2.05, 4.69) is 31.9 Å². The van der Waals surface area contributed by atoms with Crippen molar-refractivity contribution in [1.29, 1.82) is 0 Å². The van der Waals surface area contributed by atoms with Crippen molar-refractivity contribution in [2.75, 3.05) is 31.1 Å². The Morgan fingerprint density at radius 1 is 1.25 bits per heavy atom. The molecule has 1 aromatic heterocycles. The van der Waals surface area contributed by atoms with Crippen molar-refractivity contribution < 1.29 is 0 Å². The molecule has 2 aromatic rings. The lowest BCUT2D eigenvalue weighted by atomic mass is 10.2. The van der Waals surface area contributed by atoms with Crippen molar-refractivity contribution in [1.82, 2.24) is 9.88 Å². The minimum atomic E-state index is 0. The molecular weight excluding hydrogens is 457 g/mol. The second kappa shape index (κ2) is 8.87. The summed E-state index contributed by atoms with van der Waals surface area (Å²) in [6.45, 7) is 6.22. The Morgan fingerprint density at radius 3 is 2.50 bits per heavy atom. The molecule has 0 spiro atoms. The molecular formula is C16H21ClIN5S. The third-order valence-electron chi connectivity index (χ3n) is 4.02. The second-order valence-corrected chi connectivity index (χ2v) is 6.86. The third-order valence-corrected chi connectivity index (χ3v) is 5.20. The highest BCUT2D eigenvalue weighted by atomic mass is 127. The lowest BCUT2D eigenvalue weighted by Crippen LogP contribution is -2.51. The third kappa shape index (κ3) is 4.73. The SMILES string of the molecule is Cc1ncsc1CN=C(N)N1CCN(c2ccc(Cl)cc2)CC1.I. The van der Waals surface area contributed by atoms with Crippen molar-refractivity contribution in [3.05, 3.63) is 45.4 Å². The van der Waals surface area contributed by atoms with Gasteiger partial charge in [-0.15, -0.1) is 35.3 Å². The van der Waals surface area contributed by atoms with Crippen LogP contribution in [-0.2, 0) is 6.54 Å². The summed E-state index contributed by atoms with van der Waals surface area (Å²) in [6.07, 6.45) is 0. The number of benzene rings is 1. The maximum atomic E-state index is 6.14. The Morgan fingerprint density at radius 2 is 1.92 bits per heavy atom. The molecule has 2 N–H and O–H groups in total. The summed E-state index contributed by atoms with van der Waals surface area (Å²) in [4.78, 5) is 14.4. The largest absolute Gasteiger partial charge is 0.370 e. The van der Waals surface area contributed by atoms with E-state index in [4.69, 9.17) is 17.3 Å². The van der Waals surface area contributed by atoms with E-state index in [0.717, 1.165) is 36.9 Å². The van der Waals surface area contributed by atoms with Gasteiger partial charge in [-0.1, -0.05) is 11.6 Å². The fourth-order valence-electron chi connectivity index (χ4n) is 2.58. The number of hydrogen-bond donors (Lipinski definition) is 1. The highest BCUT2D eigenvalue weighted by molar-refractivity contribution is 14.0. The highest BCUT2D eigenvalue weighted by Crippen LogP contribution is 2.19. The van der Waals surface area contributed by atoms with Crippen LogP contribution in [0, 0.1) is 6.92 Å². The molecule has 0 atom stereocenters. The number of guanidine groups is 1. The molecule has 1 fully saturated rings. The van der Waals surface area contributed by atoms with Crippen LogP contribution in [0.1, 0.15) is 10.6 Å². The summed E-state index contributed by atoms with van der Waals surface area (Å²) in [5, 5.41) is 0.766. The summed E-state index contributed by atoms with van der Waals surface area (Å²) in [5.74, 6) is 0.619. The van der Waals surface area contributed by atoms with Gasteiger partial charge >= 0.3 is 0 Å². The van der Waals surface area contributed by atoms with Gasteiger partial charge in [0, 0.05) is 41.8 Å². The first-order valence-electron chi connectivity index (χ1n) is 7.58. The molecule has 24 heavy (non-hydrogen) atoms. The zero-order valence-electron chi connectivity index (χ0n) is 13.5. The first-order valence-corrected chi connectivity index (χ1v) is 8.83. The van der Waals surface area contributed by atoms with Gasteiger partial charge in [0.05, 0.1) is 17.7 Å². The smallest absolute Gasteiger partial charge is 0.191 e. The molecule has 0 aliphatic carbocycles. The van der Waals surface area contributed by atoms with Crippen molar-refractivity contribution in [3.8, 4) is 0 Å². The molecule has 130 valence electrons. The Labute approximate surface area is 168 Å². The minimum absolute atomic E-state index is 0. The van der Waals surface area contributed by atoms with Crippen LogP contribution in [-0.4, -0.2) is 42.0 Å². The molecule has 8 heteroatoms. The topological polar surface area (TPSA) is 57.8 Å². The molecule has 0 saturated carbocycles. The monoisotopic (exact) mass is 477 g/mol. The summed E-state index contributed by atoms with van der Waals surface area (Å²) >= 11 is 7.57. The van der Waals surface area contributed by atoms with Gasteiger partial charge in [0.2, 0.25) is 0 Å². The van der Waals surface area contributed by atoms with Gasteiger partial charge in [0.15, 0.2) is 5.96 Å². The van der Waals surface area contributed by atoms with Gasteiger partial charge < -0.3 is 15.5 Å². The molecule has 1 saturated heterocycles. The summed E-state index contributed by atoms with van der Waals surface area (Å²) in [6, 6.07) is 7.97. The van der Waals surface area contributed by atoms with E-state index in [1.54, 1.807) is 11.3 Å². The van der Waals surface area contributed by atoms with Crippen LogP contribution in [0.2, 0.25) is 5.02 Å². The average Bonchev–Trinajstić information content (AvgIpc) is 2.99. The second-order valence-electron chi connectivity index (χ2n) is 5.49. The van der Waals surface area contributed by atoms with Crippen molar-refractivity contribution in [3.63, 3.8) is 0 Å². The van der Waals surface area contributed by atoms with E-state index in [1.807, 2.05) is 24.6 Å². The first kappa shape index (κ1) is 19.3. The van der Waals surface area contributed by atoms with Gasteiger partial charge in [-0.05, 0) is 31.2 Å². The molecule has 0 unspecified atom stereocenters. The van der Waals surface area contributed by atoms with Crippen LogP contribution in [0.4, 0.5) is 5.69 Å². The van der Waals surface area contributed by atoms with E-state index in [9.17, 15) is 0 Å². The van der Waals surface area contributed by atoms with Crippen LogP contribution >= 0.6 is 46.9 Å². The number of aliphatic imine (C=N–C) groups is 1. The standard InChI is InChI=1S/C16H20ClN5S.HI/c1-12-15(23-11-20-12)10-19-16(18)22-8-6-21(7-9-22)14-4-2-13(17)3-5-14;/h2-5,11H,6-10H2,1H3,(H2,18,19);1H. The van der Waals surface area contributed by atoms with Crippen LogP contribution in [0.5, 0.6) is 0 Å². The van der Waals surface area contributed by atoms with E-state index in [1.165, 1.54) is 10.6 Å². The van der Waals surface area contributed by atoms with Crippen LogP contribution in [0.3, 0.4) is 0 Å². The first-order chi connectivity index (χ1) is 11.1. The number of hydrogen-bond acceptors (Lipinski definition) is 4. The Kier molecular flexibility index (Phi) is 7.12. The van der Waals surface area contributed by atoms with E-state index >= 15 is 0 Å². The normalized spacial score (nSPS) is 15.3. The number of aromatic nitrogens is 1. The fraction of sp³-hybridized carbons (Fsp3) is 0.375. The number of piperazine rings is 1. The molecule has 1 aliphatic heterocycles. The Bertz CT molecular complexity index is 680. The minimum Gasteiger partial charge on any atom is -0.370 e. The van der Waals surface area contributed by atoms with Gasteiger partial charge in [-0.25, -0.2) is 9.98 Å². The maximum Gasteiger partial charge on any atom is 0.191 e. The predicted molar refractivity (Wildman–Crippen MR) is 113 cm³/mol. The van der Waals surface area contributed by atoms with Crippen LogP contribution in [0.15, 0.2) is 34.8 Å². The predicted octanol–water partition coefficient (Wildman–Crippen LogP) is 3.36. The van der Waals surface area contributed by atoms with Crippen LogP contribution in [0.25, 0.3) is 0 Å². The quantitative estimate of drug-likeness (QED) is 0.418. The lowest BCUT2D eigenvalue weighted by molar-refractivity contribution is 0.381. The zero-order chi connectivity index (χ0) is 16.2. The number of nitrogens with two attached hydrogens (primary N) is 1. The molecule has 0 bridgehead atoms. The summed E-state index contributed by atoms with van der Waals surface area (Å²) < 4.78 is 0. The van der Waals surface area contributed by atoms with Crippen molar-refractivity contribution in [2.45, 2.75) is 13.5 Å². The number of halogens is 2. The number of aryl methyl sites for hydroxylation is 1. The number of anilines is 1. The number of rotatable bonds is 3. The number of nitrogens with zero attached hydrogens (tertiary/aromatic N) is 4.